The topological polar surface area (TPSA) is 46.6 Å². The summed E-state index contributed by atoms with van der Waals surface area (Å²) in [6, 6.07) is 6.92. The zero-order chi connectivity index (χ0) is 13.2. The van der Waals surface area contributed by atoms with E-state index in [1.165, 1.54) is 4.31 Å². The van der Waals surface area contributed by atoms with Crippen LogP contribution in [-0.2, 0) is 14.8 Å². The molecule has 2 rings (SSSR count). The summed E-state index contributed by atoms with van der Waals surface area (Å²) < 4.78 is 32.3. The molecule has 1 aliphatic heterocycles. The second-order valence-corrected chi connectivity index (χ2v) is 7.12. The van der Waals surface area contributed by atoms with Gasteiger partial charge in [0.05, 0.1) is 4.90 Å². The Labute approximate surface area is 116 Å². The van der Waals surface area contributed by atoms with Gasteiger partial charge in [-0.05, 0) is 40.9 Å². The molecule has 4 nitrogen and oxygen atoms in total. The van der Waals surface area contributed by atoms with Gasteiger partial charge in [-0.3, -0.25) is 0 Å². The van der Waals surface area contributed by atoms with Crippen molar-refractivity contribution < 1.29 is 13.2 Å². The van der Waals surface area contributed by atoms with Gasteiger partial charge < -0.3 is 4.74 Å². The Morgan fingerprint density at radius 3 is 2.50 bits per heavy atom. The number of rotatable bonds is 3. The van der Waals surface area contributed by atoms with Crippen molar-refractivity contribution in [2.45, 2.75) is 23.8 Å². The van der Waals surface area contributed by atoms with Crippen LogP contribution in [0.2, 0.25) is 0 Å². The molecule has 1 aromatic rings. The molecule has 1 fully saturated rings. The number of hydrogen-bond donors (Lipinski definition) is 0. The quantitative estimate of drug-likeness (QED) is 0.852. The number of ether oxygens (including phenoxy) is 1. The van der Waals surface area contributed by atoms with Crippen molar-refractivity contribution in [2.75, 3.05) is 20.3 Å². The second-order valence-electron chi connectivity index (χ2n) is 4.30. The number of sulfonamides is 1. The Balaban J connectivity index is 2.28. The summed E-state index contributed by atoms with van der Waals surface area (Å²) in [4.78, 5) is 0.319. The largest absolute Gasteiger partial charge is 0.381 e. The van der Waals surface area contributed by atoms with E-state index < -0.39 is 10.0 Å². The summed E-state index contributed by atoms with van der Waals surface area (Å²) in [7, 11) is -1.79. The molecule has 1 aliphatic rings. The first-order valence-electron chi connectivity index (χ1n) is 5.84. The van der Waals surface area contributed by atoms with Gasteiger partial charge >= 0.3 is 0 Å². The number of nitrogens with zero attached hydrogens (tertiary/aromatic N) is 1. The van der Waals surface area contributed by atoms with Gasteiger partial charge in [0.15, 0.2) is 0 Å². The Kier molecular flexibility index (Phi) is 4.42. The molecule has 0 unspecified atom stereocenters. The Bertz CT molecular complexity index is 512. The molecular weight excluding hydrogens is 318 g/mol. The number of hydrogen-bond acceptors (Lipinski definition) is 3. The summed E-state index contributed by atoms with van der Waals surface area (Å²) in [5, 5.41) is 0. The maximum atomic E-state index is 12.5. The summed E-state index contributed by atoms with van der Waals surface area (Å²) in [6.45, 7) is 1.25. The molecule has 1 heterocycles. The monoisotopic (exact) mass is 333 g/mol. The molecule has 0 N–H and O–H groups in total. The fourth-order valence-electron chi connectivity index (χ4n) is 2.05. The van der Waals surface area contributed by atoms with Gasteiger partial charge in [0.25, 0.3) is 0 Å². The molecule has 18 heavy (non-hydrogen) atoms. The summed E-state index contributed by atoms with van der Waals surface area (Å²) >= 11 is 3.29. The lowest BCUT2D eigenvalue weighted by Gasteiger charge is -2.30. The van der Waals surface area contributed by atoms with Crippen molar-refractivity contribution in [3.63, 3.8) is 0 Å². The normalized spacial score (nSPS) is 18.2. The lowest BCUT2D eigenvalue weighted by Crippen LogP contribution is -2.40. The smallest absolute Gasteiger partial charge is 0.244 e. The fourth-order valence-corrected chi connectivity index (χ4v) is 4.43. The highest BCUT2D eigenvalue weighted by Crippen LogP contribution is 2.27. The Morgan fingerprint density at radius 2 is 1.89 bits per heavy atom. The van der Waals surface area contributed by atoms with E-state index in [0.717, 1.165) is 12.8 Å². The molecular formula is C12H16BrNO3S. The minimum atomic E-state index is -3.44. The number of benzene rings is 1. The van der Waals surface area contributed by atoms with Gasteiger partial charge in [-0.15, -0.1) is 0 Å². The zero-order valence-electron chi connectivity index (χ0n) is 10.2. The van der Waals surface area contributed by atoms with Gasteiger partial charge in [-0.25, -0.2) is 8.42 Å². The van der Waals surface area contributed by atoms with Gasteiger partial charge in [-0.2, -0.15) is 4.31 Å². The van der Waals surface area contributed by atoms with Crippen LogP contribution in [0, 0.1) is 0 Å². The minimum Gasteiger partial charge on any atom is -0.381 e. The molecule has 0 aromatic heterocycles. The molecule has 1 aromatic carbocycles. The van der Waals surface area contributed by atoms with Crippen LogP contribution >= 0.6 is 15.9 Å². The van der Waals surface area contributed by atoms with Gasteiger partial charge in [-0.1, -0.05) is 12.1 Å². The van der Waals surface area contributed by atoms with Crippen LogP contribution in [-0.4, -0.2) is 39.0 Å². The van der Waals surface area contributed by atoms with Crippen molar-refractivity contribution in [2.24, 2.45) is 0 Å². The zero-order valence-corrected chi connectivity index (χ0v) is 12.6. The predicted molar refractivity (Wildman–Crippen MR) is 72.9 cm³/mol. The minimum absolute atomic E-state index is 0.0239. The van der Waals surface area contributed by atoms with Crippen molar-refractivity contribution in [3.05, 3.63) is 28.7 Å². The lowest BCUT2D eigenvalue weighted by atomic mass is 10.1. The van der Waals surface area contributed by atoms with E-state index in [1.807, 2.05) is 0 Å². The van der Waals surface area contributed by atoms with Crippen molar-refractivity contribution in [1.82, 2.24) is 4.31 Å². The van der Waals surface area contributed by atoms with E-state index in [0.29, 0.717) is 22.6 Å². The van der Waals surface area contributed by atoms with Gasteiger partial charge in [0, 0.05) is 30.8 Å². The van der Waals surface area contributed by atoms with E-state index in [-0.39, 0.29) is 6.04 Å². The van der Waals surface area contributed by atoms with E-state index in [4.69, 9.17) is 4.74 Å². The van der Waals surface area contributed by atoms with Gasteiger partial charge in [0.1, 0.15) is 0 Å². The predicted octanol–water partition coefficient (Wildman–Crippen LogP) is 2.25. The van der Waals surface area contributed by atoms with Crippen LogP contribution in [0.4, 0.5) is 0 Å². The van der Waals surface area contributed by atoms with Crippen LogP contribution in [0.3, 0.4) is 0 Å². The molecule has 6 heteroatoms. The van der Waals surface area contributed by atoms with Crippen LogP contribution in [0.15, 0.2) is 33.6 Å². The van der Waals surface area contributed by atoms with E-state index >= 15 is 0 Å². The second kappa shape index (κ2) is 5.69. The third-order valence-corrected chi connectivity index (χ3v) is 6.12. The molecule has 1 saturated heterocycles. The third-order valence-electron chi connectivity index (χ3n) is 3.20. The molecule has 0 aliphatic carbocycles. The van der Waals surface area contributed by atoms with Crippen LogP contribution < -0.4 is 0 Å². The van der Waals surface area contributed by atoms with Crippen LogP contribution in [0.5, 0.6) is 0 Å². The molecule has 0 bridgehead atoms. The van der Waals surface area contributed by atoms with Crippen LogP contribution in [0.1, 0.15) is 12.8 Å². The van der Waals surface area contributed by atoms with Crippen molar-refractivity contribution >= 4 is 26.0 Å². The Morgan fingerprint density at radius 1 is 1.28 bits per heavy atom. The molecule has 100 valence electrons. The molecule has 0 radical (unpaired) electrons. The fraction of sp³-hybridized carbons (Fsp3) is 0.500. The molecule has 0 spiro atoms. The average molecular weight is 334 g/mol. The standard InChI is InChI=1S/C12H16BrNO3S/c1-14(10-6-8-17-9-7-10)18(15,16)12-5-3-2-4-11(12)13/h2-5,10H,6-9H2,1H3. The molecule has 0 saturated carbocycles. The van der Waals surface area contributed by atoms with E-state index in [9.17, 15) is 8.42 Å². The average Bonchev–Trinajstić information content (AvgIpc) is 2.39. The third kappa shape index (κ3) is 2.77. The first-order valence-corrected chi connectivity index (χ1v) is 8.07. The van der Waals surface area contributed by atoms with Crippen LogP contribution in [0.25, 0.3) is 0 Å². The lowest BCUT2D eigenvalue weighted by molar-refractivity contribution is 0.0632. The molecule has 0 amide bonds. The van der Waals surface area contributed by atoms with E-state index in [1.54, 1.807) is 31.3 Å². The summed E-state index contributed by atoms with van der Waals surface area (Å²) in [5.74, 6) is 0. The van der Waals surface area contributed by atoms with Crippen molar-refractivity contribution in [3.8, 4) is 0 Å². The first kappa shape index (κ1) is 14.0. The highest BCUT2D eigenvalue weighted by molar-refractivity contribution is 9.10. The number of halogens is 1. The Hall–Kier alpha value is -0.430. The highest BCUT2D eigenvalue weighted by atomic mass is 79.9. The highest BCUT2D eigenvalue weighted by Gasteiger charge is 2.30. The first-order chi connectivity index (χ1) is 8.53. The maximum absolute atomic E-state index is 12.5. The SMILES string of the molecule is CN(C1CCOCC1)S(=O)(=O)c1ccccc1Br. The van der Waals surface area contributed by atoms with E-state index in [2.05, 4.69) is 15.9 Å². The summed E-state index contributed by atoms with van der Waals surface area (Å²) in [5.41, 5.74) is 0. The van der Waals surface area contributed by atoms with Gasteiger partial charge in [0.2, 0.25) is 10.0 Å². The maximum Gasteiger partial charge on any atom is 0.244 e. The summed E-state index contributed by atoms with van der Waals surface area (Å²) in [6.07, 6.45) is 1.50. The van der Waals surface area contributed by atoms with Crippen molar-refractivity contribution in [1.29, 1.82) is 0 Å². The molecule has 0 atom stereocenters.